The number of aromatic nitrogens is 2. The fourth-order valence-corrected chi connectivity index (χ4v) is 3.26. The number of nitrogens with one attached hydrogen (secondary N) is 1. The lowest BCUT2D eigenvalue weighted by Crippen LogP contribution is -2.30. The molecule has 2 aromatic rings. The number of hydrogen-bond donors (Lipinski definition) is 1. The lowest BCUT2D eigenvalue weighted by atomic mass is 10.1. The van der Waals surface area contributed by atoms with Gasteiger partial charge in [0.2, 0.25) is 5.91 Å². The van der Waals surface area contributed by atoms with Crippen molar-refractivity contribution >= 4 is 23.6 Å². The molecule has 1 aromatic heterocycles. The molecular weight excluding hydrogens is 350 g/mol. The quantitative estimate of drug-likeness (QED) is 0.788. The van der Waals surface area contributed by atoms with Crippen LogP contribution in [0.2, 0.25) is 5.15 Å². The molecule has 1 N–H and O–H groups in total. The van der Waals surface area contributed by atoms with Gasteiger partial charge < -0.3 is 10.1 Å². The van der Waals surface area contributed by atoms with Gasteiger partial charge in [-0.25, -0.2) is 4.68 Å². The summed E-state index contributed by atoms with van der Waals surface area (Å²) in [7, 11) is 0. The fraction of sp³-hybridized carbons (Fsp3) is 0.400. The SMILES string of the molecule is Cc1ccc(Cn2nc(C)c(/C=C/C(=O)NCC3CCCO3)c2Cl)cc1. The standard InChI is InChI=1S/C20H24ClN3O2/c1-14-5-7-16(8-6-14)13-24-20(21)18(15(2)23-24)9-10-19(25)22-12-17-4-3-11-26-17/h5-10,17H,3-4,11-13H2,1-2H3,(H,22,25)/b10-9+. The van der Waals surface area contributed by atoms with Gasteiger partial charge in [-0.05, 0) is 38.3 Å². The van der Waals surface area contributed by atoms with Crippen LogP contribution in [0.3, 0.4) is 0 Å². The molecule has 0 bridgehead atoms. The van der Waals surface area contributed by atoms with Crippen LogP contribution < -0.4 is 5.32 Å². The third kappa shape index (κ3) is 4.74. The van der Waals surface area contributed by atoms with Crippen LogP contribution >= 0.6 is 11.6 Å². The lowest BCUT2D eigenvalue weighted by molar-refractivity contribution is -0.116. The molecule has 5 nitrogen and oxygen atoms in total. The van der Waals surface area contributed by atoms with Gasteiger partial charge in [-0.3, -0.25) is 4.79 Å². The number of rotatable bonds is 6. The Balaban J connectivity index is 1.63. The molecule has 6 heteroatoms. The second kappa shape index (κ2) is 8.52. The zero-order chi connectivity index (χ0) is 18.5. The van der Waals surface area contributed by atoms with E-state index < -0.39 is 0 Å². The third-order valence-corrected chi connectivity index (χ3v) is 4.89. The minimum absolute atomic E-state index is 0.134. The monoisotopic (exact) mass is 373 g/mol. The van der Waals surface area contributed by atoms with Crippen molar-refractivity contribution in [2.24, 2.45) is 0 Å². The third-order valence-electron chi connectivity index (χ3n) is 4.49. The van der Waals surface area contributed by atoms with Crippen molar-refractivity contribution in [3.8, 4) is 0 Å². The first kappa shape index (κ1) is 18.7. The van der Waals surface area contributed by atoms with Crippen molar-refractivity contribution in [2.75, 3.05) is 13.2 Å². The number of ether oxygens (including phenoxy) is 1. The number of benzene rings is 1. The Bertz CT molecular complexity index is 790. The number of carbonyl (C=O) groups is 1. The highest BCUT2D eigenvalue weighted by Crippen LogP contribution is 2.22. The zero-order valence-corrected chi connectivity index (χ0v) is 15.9. The Kier molecular flexibility index (Phi) is 6.12. The molecule has 1 saturated heterocycles. The highest BCUT2D eigenvalue weighted by Gasteiger charge is 2.16. The van der Waals surface area contributed by atoms with Crippen molar-refractivity contribution in [3.05, 3.63) is 57.9 Å². The largest absolute Gasteiger partial charge is 0.376 e. The van der Waals surface area contributed by atoms with E-state index >= 15 is 0 Å². The second-order valence-corrected chi connectivity index (χ2v) is 7.00. The fourth-order valence-electron chi connectivity index (χ4n) is 2.97. The molecule has 1 amide bonds. The molecule has 1 aliphatic heterocycles. The van der Waals surface area contributed by atoms with E-state index in [0.29, 0.717) is 18.2 Å². The summed E-state index contributed by atoms with van der Waals surface area (Å²) < 4.78 is 7.25. The van der Waals surface area contributed by atoms with Crippen molar-refractivity contribution in [2.45, 2.75) is 39.3 Å². The Morgan fingerprint density at radius 3 is 2.85 bits per heavy atom. The first-order valence-corrected chi connectivity index (χ1v) is 9.26. The Labute approximate surface area is 159 Å². The van der Waals surface area contributed by atoms with E-state index in [4.69, 9.17) is 16.3 Å². The van der Waals surface area contributed by atoms with Crippen molar-refractivity contribution in [1.29, 1.82) is 0 Å². The molecule has 1 aliphatic rings. The van der Waals surface area contributed by atoms with Gasteiger partial charge in [-0.15, -0.1) is 0 Å². The van der Waals surface area contributed by atoms with Crippen LogP contribution in [0.4, 0.5) is 0 Å². The van der Waals surface area contributed by atoms with Gasteiger partial charge >= 0.3 is 0 Å². The molecule has 0 radical (unpaired) electrons. The van der Waals surface area contributed by atoms with E-state index in [1.807, 2.05) is 6.92 Å². The molecule has 0 saturated carbocycles. The predicted octanol–water partition coefficient (Wildman–Crippen LogP) is 3.51. The topological polar surface area (TPSA) is 56.2 Å². The van der Waals surface area contributed by atoms with E-state index in [1.165, 1.54) is 11.6 Å². The average Bonchev–Trinajstić information content (AvgIpc) is 3.23. The maximum absolute atomic E-state index is 12.0. The van der Waals surface area contributed by atoms with Crippen LogP contribution in [-0.2, 0) is 16.1 Å². The number of carbonyl (C=O) groups excluding carboxylic acids is 1. The smallest absolute Gasteiger partial charge is 0.244 e. The number of aryl methyl sites for hydroxylation is 2. The highest BCUT2D eigenvalue weighted by molar-refractivity contribution is 6.31. The normalized spacial score (nSPS) is 17.1. The number of amides is 1. The number of halogens is 1. The number of nitrogens with zero attached hydrogens (tertiary/aromatic N) is 2. The van der Waals surface area contributed by atoms with Crippen molar-refractivity contribution in [1.82, 2.24) is 15.1 Å². The van der Waals surface area contributed by atoms with E-state index in [-0.39, 0.29) is 12.0 Å². The summed E-state index contributed by atoms with van der Waals surface area (Å²) in [5.41, 5.74) is 3.91. The molecule has 1 unspecified atom stereocenters. The van der Waals surface area contributed by atoms with Crippen LogP contribution in [0.5, 0.6) is 0 Å². The molecule has 1 atom stereocenters. The molecule has 0 spiro atoms. The molecule has 26 heavy (non-hydrogen) atoms. The van der Waals surface area contributed by atoms with Gasteiger partial charge in [0, 0.05) is 24.8 Å². The van der Waals surface area contributed by atoms with Gasteiger partial charge in [0.1, 0.15) is 5.15 Å². The Morgan fingerprint density at radius 1 is 1.38 bits per heavy atom. The van der Waals surface area contributed by atoms with E-state index in [0.717, 1.165) is 36.3 Å². The first-order valence-electron chi connectivity index (χ1n) is 8.89. The molecule has 2 heterocycles. The first-order chi connectivity index (χ1) is 12.5. The van der Waals surface area contributed by atoms with Crippen LogP contribution in [-0.4, -0.2) is 34.9 Å². The summed E-state index contributed by atoms with van der Waals surface area (Å²) in [4.78, 5) is 12.0. The summed E-state index contributed by atoms with van der Waals surface area (Å²) in [5, 5.41) is 7.89. The van der Waals surface area contributed by atoms with E-state index in [1.54, 1.807) is 10.8 Å². The van der Waals surface area contributed by atoms with Crippen molar-refractivity contribution < 1.29 is 9.53 Å². The van der Waals surface area contributed by atoms with Crippen LogP contribution in [0.1, 0.15) is 35.2 Å². The van der Waals surface area contributed by atoms with Crippen LogP contribution in [0.15, 0.2) is 30.3 Å². The zero-order valence-electron chi connectivity index (χ0n) is 15.2. The summed E-state index contributed by atoms with van der Waals surface area (Å²) >= 11 is 6.47. The van der Waals surface area contributed by atoms with Crippen LogP contribution in [0, 0.1) is 13.8 Å². The van der Waals surface area contributed by atoms with Gasteiger partial charge in [0.25, 0.3) is 0 Å². The van der Waals surface area contributed by atoms with Gasteiger partial charge in [-0.1, -0.05) is 41.4 Å². The van der Waals surface area contributed by atoms with Gasteiger partial charge in [0.15, 0.2) is 0 Å². The minimum Gasteiger partial charge on any atom is -0.376 e. The maximum atomic E-state index is 12.0. The summed E-state index contributed by atoms with van der Waals surface area (Å²) in [6.45, 7) is 5.87. The maximum Gasteiger partial charge on any atom is 0.244 e. The number of hydrogen-bond acceptors (Lipinski definition) is 3. The molecule has 138 valence electrons. The van der Waals surface area contributed by atoms with Crippen LogP contribution in [0.25, 0.3) is 6.08 Å². The van der Waals surface area contributed by atoms with E-state index in [2.05, 4.69) is 41.6 Å². The molecule has 1 fully saturated rings. The minimum atomic E-state index is -0.151. The average molecular weight is 374 g/mol. The van der Waals surface area contributed by atoms with Crippen molar-refractivity contribution in [3.63, 3.8) is 0 Å². The van der Waals surface area contributed by atoms with Gasteiger partial charge in [-0.2, -0.15) is 5.10 Å². The molecular formula is C20H24ClN3O2. The van der Waals surface area contributed by atoms with Gasteiger partial charge in [0.05, 0.1) is 18.3 Å². The summed E-state index contributed by atoms with van der Waals surface area (Å²) in [6.07, 6.45) is 5.42. The summed E-state index contributed by atoms with van der Waals surface area (Å²) in [6, 6.07) is 8.27. The molecule has 0 aliphatic carbocycles. The summed E-state index contributed by atoms with van der Waals surface area (Å²) in [5.74, 6) is -0.151. The molecule has 3 rings (SSSR count). The Hall–Kier alpha value is -2.11. The second-order valence-electron chi connectivity index (χ2n) is 6.65. The Morgan fingerprint density at radius 2 is 2.15 bits per heavy atom. The molecule has 1 aromatic carbocycles. The highest BCUT2D eigenvalue weighted by atomic mass is 35.5. The van der Waals surface area contributed by atoms with E-state index in [9.17, 15) is 4.79 Å². The predicted molar refractivity (Wildman–Crippen MR) is 103 cm³/mol. The lowest BCUT2D eigenvalue weighted by Gasteiger charge is -2.08.